The number of hydrogen-bond donors (Lipinski definition) is 2. The van der Waals surface area contributed by atoms with Gasteiger partial charge in [-0.2, -0.15) is 5.10 Å². The first-order chi connectivity index (χ1) is 15.3. The van der Waals surface area contributed by atoms with Crippen molar-refractivity contribution in [2.45, 2.75) is 53.2 Å². The van der Waals surface area contributed by atoms with Crippen LogP contribution in [0.3, 0.4) is 0 Å². The summed E-state index contributed by atoms with van der Waals surface area (Å²) in [5.74, 6) is 3.30. The lowest BCUT2D eigenvalue weighted by Crippen LogP contribution is -2.43. The number of rotatable bonds is 8. The van der Waals surface area contributed by atoms with E-state index in [9.17, 15) is 0 Å². The van der Waals surface area contributed by atoms with Crippen LogP contribution in [0.15, 0.2) is 29.3 Å². The van der Waals surface area contributed by atoms with E-state index in [0.29, 0.717) is 13.1 Å². The third-order valence-corrected chi connectivity index (χ3v) is 5.73. The molecule has 1 aromatic carbocycles. The third-order valence-electron chi connectivity index (χ3n) is 5.73. The molecule has 0 aliphatic rings. The molecule has 0 aliphatic carbocycles. The summed E-state index contributed by atoms with van der Waals surface area (Å²) in [6.45, 7) is 9.34. The molecule has 0 saturated heterocycles. The highest BCUT2D eigenvalue weighted by Crippen LogP contribution is 2.14. The van der Waals surface area contributed by atoms with Gasteiger partial charge in [0, 0.05) is 25.8 Å². The number of aliphatic imine (C=N–C) groups is 1. The minimum atomic E-state index is 0.167. The lowest BCUT2D eigenvalue weighted by atomic mass is 10.1. The zero-order valence-corrected chi connectivity index (χ0v) is 20.1. The van der Waals surface area contributed by atoms with Crippen LogP contribution in [-0.2, 0) is 33.6 Å². The molecule has 0 radical (unpaired) electrons. The molecule has 0 aliphatic heterocycles. The van der Waals surface area contributed by atoms with Gasteiger partial charge in [-0.15, -0.1) is 10.2 Å². The molecule has 2 heterocycles. The van der Waals surface area contributed by atoms with Crippen molar-refractivity contribution in [1.29, 1.82) is 0 Å². The van der Waals surface area contributed by atoms with Gasteiger partial charge in [-0.25, -0.2) is 4.99 Å². The van der Waals surface area contributed by atoms with Crippen molar-refractivity contribution in [3.05, 3.63) is 58.4 Å². The summed E-state index contributed by atoms with van der Waals surface area (Å²) in [6, 6.07) is 8.12. The Bertz CT molecular complexity index is 1060. The molecule has 0 fully saturated rings. The van der Waals surface area contributed by atoms with Crippen molar-refractivity contribution >= 4 is 5.96 Å². The fraction of sp³-hybridized carbons (Fsp3) is 0.478. The van der Waals surface area contributed by atoms with Crippen LogP contribution in [0, 0.1) is 20.8 Å². The van der Waals surface area contributed by atoms with E-state index in [4.69, 9.17) is 9.73 Å². The molecule has 32 heavy (non-hydrogen) atoms. The fourth-order valence-corrected chi connectivity index (χ4v) is 3.53. The molecule has 172 valence electrons. The average molecular weight is 439 g/mol. The van der Waals surface area contributed by atoms with Crippen LogP contribution in [0.4, 0.5) is 0 Å². The zero-order valence-electron chi connectivity index (χ0n) is 20.1. The molecule has 0 amide bonds. The van der Waals surface area contributed by atoms with Gasteiger partial charge in [0.25, 0.3) is 0 Å². The van der Waals surface area contributed by atoms with Crippen LogP contribution in [-0.4, -0.2) is 43.7 Å². The summed E-state index contributed by atoms with van der Waals surface area (Å²) in [5, 5.41) is 19.9. The Kier molecular flexibility index (Phi) is 7.50. The van der Waals surface area contributed by atoms with E-state index in [1.807, 2.05) is 54.5 Å². The average Bonchev–Trinajstić information content (AvgIpc) is 3.22. The van der Waals surface area contributed by atoms with Crippen LogP contribution >= 0.6 is 0 Å². The first-order valence-corrected chi connectivity index (χ1v) is 10.8. The highest BCUT2D eigenvalue weighted by molar-refractivity contribution is 5.80. The molecule has 3 aromatic rings. The van der Waals surface area contributed by atoms with Crippen molar-refractivity contribution in [1.82, 2.24) is 35.2 Å². The number of ether oxygens (including phenoxy) is 1. The Hall–Kier alpha value is -3.36. The lowest BCUT2D eigenvalue weighted by molar-refractivity contribution is 0.414. The second-order valence-corrected chi connectivity index (χ2v) is 8.11. The lowest BCUT2D eigenvalue weighted by Gasteiger charge is -2.19. The number of nitrogens with zero attached hydrogens (tertiary/aromatic N) is 6. The number of aryl methyl sites for hydroxylation is 3. The monoisotopic (exact) mass is 438 g/mol. The fourth-order valence-electron chi connectivity index (χ4n) is 3.53. The van der Waals surface area contributed by atoms with Crippen LogP contribution in [0.1, 0.15) is 41.1 Å². The third kappa shape index (κ3) is 5.66. The largest absolute Gasteiger partial charge is 0.497 e. The Labute approximate surface area is 189 Å². The van der Waals surface area contributed by atoms with Crippen LogP contribution in [0.5, 0.6) is 5.75 Å². The van der Waals surface area contributed by atoms with Crippen molar-refractivity contribution in [3.8, 4) is 5.75 Å². The Morgan fingerprint density at radius 3 is 2.41 bits per heavy atom. The second kappa shape index (κ2) is 10.3. The number of methoxy groups -OCH3 is 1. The number of guanidine groups is 1. The molecule has 9 heteroatoms. The summed E-state index contributed by atoms with van der Waals surface area (Å²) >= 11 is 0. The van der Waals surface area contributed by atoms with Crippen molar-refractivity contribution in [2.75, 3.05) is 7.11 Å². The molecule has 3 rings (SSSR count). The van der Waals surface area contributed by atoms with Gasteiger partial charge >= 0.3 is 0 Å². The SMILES string of the molecule is COc1ccc(CN=C(NCc2nnc(C)n2C)NC(C)Cc2c(C)nn(C)c2C)cc1. The predicted octanol–water partition coefficient (Wildman–Crippen LogP) is 2.35. The minimum Gasteiger partial charge on any atom is -0.497 e. The van der Waals surface area contributed by atoms with Gasteiger partial charge in [0.1, 0.15) is 11.6 Å². The van der Waals surface area contributed by atoms with Crippen molar-refractivity contribution in [2.24, 2.45) is 19.1 Å². The van der Waals surface area contributed by atoms with Gasteiger partial charge in [0.05, 0.1) is 25.9 Å². The Balaban J connectivity index is 1.72. The number of nitrogens with one attached hydrogen (secondary N) is 2. The molecule has 0 saturated carbocycles. The van der Waals surface area contributed by atoms with E-state index >= 15 is 0 Å². The van der Waals surface area contributed by atoms with Crippen LogP contribution in [0.2, 0.25) is 0 Å². The minimum absolute atomic E-state index is 0.167. The topological polar surface area (TPSA) is 94.2 Å². The number of aromatic nitrogens is 5. The van der Waals surface area contributed by atoms with E-state index in [-0.39, 0.29) is 6.04 Å². The summed E-state index contributed by atoms with van der Waals surface area (Å²) in [6.07, 6.45) is 0.859. The van der Waals surface area contributed by atoms with Gasteiger partial charge in [-0.1, -0.05) is 12.1 Å². The van der Waals surface area contributed by atoms with Crippen molar-refractivity contribution in [3.63, 3.8) is 0 Å². The Morgan fingerprint density at radius 2 is 1.84 bits per heavy atom. The number of hydrogen-bond acceptors (Lipinski definition) is 5. The summed E-state index contributed by atoms with van der Waals surface area (Å²) in [4.78, 5) is 4.81. The molecule has 1 atom stereocenters. The Morgan fingerprint density at radius 1 is 1.12 bits per heavy atom. The molecule has 2 N–H and O–H groups in total. The van der Waals surface area contributed by atoms with Gasteiger partial charge < -0.3 is 19.9 Å². The van der Waals surface area contributed by atoms with E-state index in [2.05, 4.69) is 46.7 Å². The smallest absolute Gasteiger partial charge is 0.192 e. The molecular formula is C23H34N8O. The number of benzene rings is 1. The molecular weight excluding hydrogens is 404 g/mol. The van der Waals surface area contributed by atoms with Gasteiger partial charge in [0.2, 0.25) is 0 Å². The highest BCUT2D eigenvalue weighted by atomic mass is 16.5. The van der Waals surface area contributed by atoms with E-state index in [1.165, 1.54) is 11.3 Å². The summed E-state index contributed by atoms with van der Waals surface area (Å²) < 4.78 is 9.15. The normalized spacial score (nSPS) is 12.7. The molecule has 9 nitrogen and oxygen atoms in total. The summed E-state index contributed by atoms with van der Waals surface area (Å²) in [5.41, 5.74) is 4.63. The van der Waals surface area contributed by atoms with Gasteiger partial charge in [0.15, 0.2) is 11.8 Å². The van der Waals surface area contributed by atoms with Crippen LogP contribution in [0.25, 0.3) is 0 Å². The van der Waals surface area contributed by atoms with Crippen molar-refractivity contribution < 1.29 is 4.74 Å². The van der Waals surface area contributed by atoms with Gasteiger partial charge in [-0.3, -0.25) is 4.68 Å². The van der Waals surface area contributed by atoms with E-state index in [1.54, 1.807) is 7.11 Å². The maximum atomic E-state index is 5.24. The quantitative estimate of drug-likeness (QED) is 0.414. The van der Waals surface area contributed by atoms with E-state index in [0.717, 1.165) is 41.0 Å². The molecule has 0 bridgehead atoms. The second-order valence-electron chi connectivity index (χ2n) is 8.11. The molecule has 2 aromatic heterocycles. The highest BCUT2D eigenvalue weighted by Gasteiger charge is 2.15. The van der Waals surface area contributed by atoms with Gasteiger partial charge in [-0.05, 0) is 57.4 Å². The predicted molar refractivity (Wildman–Crippen MR) is 126 cm³/mol. The van der Waals surface area contributed by atoms with E-state index < -0.39 is 0 Å². The van der Waals surface area contributed by atoms with Crippen LogP contribution < -0.4 is 15.4 Å². The zero-order chi connectivity index (χ0) is 23.3. The molecule has 0 spiro atoms. The first-order valence-electron chi connectivity index (χ1n) is 10.8. The summed E-state index contributed by atoms with van der Waals surface area (Å²) in [7, 11) is 5.61. The molecule has 1 unspecified atom stereocenters. The maximum Gasteiger partial charge on any atom is 0.192 e. The standard InChI is InChI=1S/C23H34N8O/c1-15(12-21-16(2)29-31(6)17(21)3)26-23(25-14-22-28-27-18(4)30(22)5)24-13-19-8-10-20(32-7)11-9-19/h8-11,15H,12-14H2,1-7H3,(H2,24,25,26). The first kappa shape index (κ1) is 23.3. The maximum absolute atomic E-state index is 5.24.